The monoisotopic (exact) mass is 234 g/mol. The molecule has 0 unspecified atom stereocenters. The summed E-state index contributed by atoms with van der Waals surface area (Å²) in [5, 5.41) is 4.46. The van der Waals surface area contributed by atoms with Gasteiger partial charge >= 0.3 is 0 Å². The van der Waals surface area contributed by atoms with Crippen LogP contribution in [-0.2, 0) is 0 Å². The van der Waals surface area contributed by atoms with Crippen molar-refractivity contribution in [1.29, 1.82) is 0 Å². The molecule has 0 aliphatic heterocycles. The number of rotatable bonds is 3. The van der Waals surface area contributed by atoms with Crippen LogP contribution in [0, 0.1) is 0 Å². The molecule has 94 valence electrons. The van der Waals surface area contributed by atoms with E-state index in [1.54, 1.807) is 0 Å². The van der Waals surface area contributed by atoms with E-state index in [0.717, 1.165) is 6.29 Å². The van der Waals surface area contributed by atoms with Crippen molar-refractivity contribution in [2.24, 2.45) is 0 Å². The Kier molecular flexibility index (Phi) is 3.97. The number of hydrogen-bond donors (Lipinski definition) is 0. The van der Waals surface area contributed by atoms with Gasteiger partial charge in [0.15, 0.2) is 6.29 Å². The summed E-state index contributed by atoms with van der Waals surface area (Å²) >= 11 is 0. The van der Waals surface area contributed by atoms with Crippen LogP contribution in [0.3, 0.4) is 0 Å². The number of carbonyl (C=O) groups excluding carboxylic acids is 1. The van der Waals surface area contributed by atoms with Gasteiger partial charge in [0.2, 0.25) is 0 Å². The van der Waals surface area contributed by atoms with Crippen LogP contribution in [0.25, 0.3) is 0 Å². The zero-order valence-electron chi connectivity index (χ0n) is 10.9. The van der Waals surface area contributed by atoms with E-state index in [1.807, 2.05) is 6.07 Å². The minimum atomic E-state index is 0.430. The molecule has 1 aliphatic rings. The van der Waals surface area contributed by atoms with Crippen molar-refractivity contribution >= 4 is 6.29 Å². The van der Waals surface area contributed by atoms with Crippen LogP contribution < -0.4 is 0 Å². The lowest BCUT2D eigenvalue weighted by molar-refractivity contribution is 0.111. The van der Waals surface area contributed by atoms with Gasteiger partial charge in [0.25, 0.3) is 0 Å². The van der Waals surface area contributed by atoms with E-state index >= 15 is 0 Å². The predicted octanol–water partition coefficient (Wildman–Crippen LogP) is 3.71. The molecular weight excluding hydrogens is 212 g/mol. The third-order valence-electron chi connectivity index (χ3n) is 3.67. The fourth-order valence-electron chi connectivity index (χ4n) is 2.71. The molecule has 1 heterocycles. The Morgan fingerprint density at radius 3 is 2.47 bits per heavy atom. The van der Waals surface area contributed by atoms with Gasteiger partial charge in [0, 0.05) is 5.69 Å². The second-order valence-corrected chi connectivity index (χ2v) is 5.36. The molecule has 0 aromatic carbocycles. The minimum absolute atomic E-state index is 0.430. The molecule has 0 saturated heterocycles. The molecule has 3 heteroatoms. The van der Waals surface area contributed by atoms with Gasteiger partial charge in [-0.25, -0.2) is 0 Å². The number of aldehydes is 1. The summed E-state index contributed by atoms with van der Waals surface area (Å²) in [4.78, 5) is 10.9. The summed E-state index contributed by atoms with van der Waals surface area (Å²) in [6.07, 6.45) is 8.54. The summed E-state index contributed by atoms with van der Waals surface area (Å²) in [6, 6.07) is 2.45. The lowest BCUT2D eigenvalue weighted by Crippen LogP contribution is -2.14. The van der Waals surface area contributed by atoms with Crippen LogP contribution in [-0.4, -0.2) is 16.1 Å². The highest BCUT2D eigenvalue weighted by atomic mass is 16.1. The zero-order valence-corrected chi connectivity index (χ0v) is 10.9. The summed E-state index contributed by atoms with van der Waals surface area (Å²) in [7, 11) is 0. The molecular formula is C14H22N2O. The smallest absolute Gasteiger partial charge is 0.170 e. The molecule has 2 rings (SSSR count). The Balaban J connectivity index is 2.28. The summed E-state index contributed by atoms with van der Waals surface area (Å²) in [5.74, 6) is 0.430. The molecule has 0 spiro atoms. The van der Waals surface area contributed by atoms with Gasteiger partial charge in [-0.2, -0.15) is 5.10 Å². The van der Waals surface area contributed by atoms with Gasteiger partial charge in [-0.1, -0.05) is 39.5 Å². The van der Waals surface area contributed by atoms with Crippen LogP contribution in [0.15, 0.2) is 6.07 Å². The van der Waals surface area contributed by atoms with Crippen molar-refractivity contribution in [3.05, 3.63) is 17.5 Å². The third-order valence-corrected chi connectivity index (χ3v) is 3.67. The maximum atomic E-state index is 10.9. The largest absolute Gasteiger partial charge is 0.296 e. The molecule has 0 radical (unpaired) electrons. The van der Waals surface area contributed by atoms with Gasteiger partial charge in [-0.15, -0.1) is 0 Å². The minimum Gasteiger partial charge on any atom is -0.296 e. The number of hydrogen-bond acceptors (Lipinski definition) is 2. The van der Waals surface area contributed by atoms with Crippen LogP contribution in [0.1, 0.15) is 80.5 Å². The van der Waals surface area contributed by atoms with Crippen molar-refractivity contribution in [3.8, 4) is 0 Å². The van der Waals surface area contributed by atoms with E-state index in [-0.39, 0.29) is 0 Å². The normalized spacial score (nSPS) is 18.3. The SMILES string of the molecule is CC(C)c1cc(C=O)nn1C1CCCCCC1. The van der Waals surface area contributed by atoms with E-state index < -0.39 is 0 Å². The number of nitrogens with zero attached hydrogens (tertiary/aromatic N) is 2. The second kappa shape index (κ2) is 5.48. The summed E-state index contributed by atoms with van der Waals surface area (Å²) in [6.45, 7) is 4.33. The Bertz CT molecular complexity index is 374. The lowest BCUT2D eigenvalue weighted by Gasteiger charge is -2.19. The third kappa shape index (κ3) is 2.76. The average Bonchev–Trinajstić information content (AvgIpc) is 2.57. The molecule has 1 aromatic heterocycles. The van der Waals surface area contributed by atoms with Crippen molar-refractivity contribution in [1.82, 2.24) is 9.78 Å². The highest BCUT2D eigenvalue weighted by molar-refractivity contribution is 5.71. The van der Waals surface area contributed by atoms with Gasteiger partial charge in [-0.3, -0.25) is 9.48 Å². The molecule has 0 N–H and O–H groups in total. The van der Waals surface area contributed by atoms with Crippen LogP contribution in [0.4, 0.5) is 0 Å². The Morgan fingerprint density at radius 1 is 1.29 bits per heavy atom. The Morgan fingerprint density at radius 2 is 1.94 bits per heavy atom. The first-order valence-electron chi connectivity index (χ1n) is 6.77. The van der Waals surface area contributed by atoms with Crippen LogP contribution in [0.2, 0.25) is 0 Å². The molecule has 1 saturated carbocycles. The molecule has 0 bridgehead atoms. The van der Waals surface area contributed by atoms with E-state index in [9.17, 15) is 4.79 Å². The quantitative estimate of drug-likeness (QED) is 0.590. The first-order valence-corrected chi connectivity index (χ1v) is 6.77. The summed E-state index contributed by atoms with van der Waals surface area (Å²) in [5.41, 5.74) is 1.79. The van der Waals surface area contributed by atoms with Crippen LogP contribution in [0.5, 0.6) is 0 Å². The lowest BCUT2D eigenvalue weighted by atomic mass is 10.1. The van der Waals surface area contributed by atoms with Gasteiger partial charge in [0.05, 0.1) is 6.04 Å². The van der Waals surface area contributed by atoms with Gasteiger partial charge in [-0.05, 0) is 24.8 Å². The molecule has 0 atom stereocenters. The molecule has 0 amide bonds. The highest BCUT2D eigenvalue weighted by Gasteiger charge is 2.20. The van der Waals surface area contributed by atoms with E-state index in [2.05, 4.69) is 23.6 Å². The van der Waals surface area contributed by atoms with Crippen molar-refractivity contribution < 1.29 is 4.79 Å². The number of carbonyl (C=O) groups is 1. The fourth-order valence-corrected chi connectivity index (χ4v) is 2.71. The standard InChI is InChI=1S/C14H22N2O/c1-11(2)14-9-12(10-17)15-16(14)13-7-5-3-4-6-8-13/h9-11,13H,3-8H2,1-2H3. The predicted molar refractivity (Wildman–Crippen MR) is 68.4 cm³/mol. The van der Waals surface area contributed by atoms with Crippen LogP contribution >= 0.6 is 0 Å². The first kappa shape index (κ1) is 12.3. The Labute approximate surface area is 103 Å². The average molecular weight is 234 g/mol. The molecule has 17 heavy (non-hydrogen) atoms. The molecule has 1 fully saturated rings. The van der Waals surface area contributed by atoms with Crippen molar-refractivity contribution in [2.75, 3.05) is 0 Å². The maximum Gasteiger partial charge on any atom is 0.170 e. The highest BCUT2D eigenvalue weighted by Crippen LogP contribution is 2.30. The zero-order chi connectivity index (χ0) is 12.3. The fraction of sp³-hybridized carbons (Fsp3) is 0.714. The maximum absolute atomic E-state index is 10.9. The molecule has 3 nitrogen and oxygen atoms in total. The Hall–Kier alpha value is -1.12. The van der Waals surface area contributed by atoms with Crippen molar-refractivity contribution in [2.45, 2.75) is 64.3 Å². The van der Waals surface area contributed by atoms with E-state index in [0.29, 0.717) is 17.7 Å². The second-order valence-electron chi connectivity index (χ2n) is 5.36. The van der Waals surface area contributed by atoms with Gasteiger partial charge < -0.3 is 0 Å². The topological polar surface area (TPSA) is 34.9 Å². The molecule has 1 aliphatic carbocycles. The van der Waals surface area contributed by atoms with E-state index in [4.69, 9.17) is 0 Å². The van der Waals surface area contributed by atoms with Gasteiger partial charge in [0.1, 0.15) is 5.69 Å². The summed E-state index contributed by atoms with van der Waals surface area (Å²) < 4.78 is 2.12. The van der Waals surface area contributed by atoms with Crippen molar-refractivity contribution in [3.63, 3.8) is 0 Å². The molecule has 1 aromatic rings. The number of aromatic nitrogens is 2. The van der Waals surface area contributed by atoms with E-state index in [1.165, 1.54) is 44.2 Å². The first-order chi connectivity index (χ1) is 8.22.